The molecule has 0 unspecified atom stereocenters. The van der Waals surface area contributed by atoms with Crippen LogP contribution in [0, 0.1) is 5.92 Å². The quantitative estimate of drug-likeness (QED) is 0.756. The number of carbonyl (C=O) groups is 1. The molecular formula is C19H23ClN2O2. The Morgan fingerprint density at radius 1 is 1.12 bits per heavy atom. The number of amides is 1. The predicted molar refractivity (Wildman–Crippen MR) is 98.6 cm³/mol. The molecule has 0 saturated carbocycles. The van der Waals surface area contributed by atoms with E-state index >= 15 is 0 Å². The predicted octanol–water partition coefficient (Wildman–Crippen LogP) is 4.10. The number of rotatable bonds is 8. The Labute approximate surface area is 148 Å². The lowest BCUT2D eigenvalue weighted by Gasteiger charge is -2.10. The zero-order valence-electron chi connectivity index (χ0n) is 14.0. The van der Waals surface area contributed by atoms with E-state index in [1.54, 1.807) is 0 Å². The van der Waals surface area contributed by atoms with Crippen molar-refractivity contribution in [1.82, 2.24) is 5.32 Å². The summed E-state index contributed by atoms with van der Waals surface area (Å²) in [6, 6.07) is 15.0. The van der Waals surface area contributed by atoms with Crippen molar-refractivity contribution in [2.45, 2.75) is 20.4 Å². The van der Waals surface area contributed by atoms with Gasteiger partial charge in [-0.3, -0.25) is 4.79 Å². The largest absolute Gasteiger partial charge is 0.493 e. The maximum atomic E-state index is 11.9. The lowest BCUT2D eigenvalue weighted by atomic mass is 10.2. The average Bonchev–Trinajstić information content (AvgIpc) is 2.56. The smallest absolute Gasteiger partial charge is 0.238 e. The van der Waals surface area contributed by atoms with E-state index in [4.69, 9.17) is 16.3 Å². The number of hydrogen-bond acceptors (Lipinski definition) is 3. The van der Waals surface area contributed by atoms with Crippen LogP contribution < -0.4 is 15.4 Å². The highest BCUT2D eigenvalue weighted by molar-refractivity contribution is 6.31. The number of halogens is 1. The normalized spacial score (nSPS) is 10.7. The molecule has 2 aromatic rings. The number of ether oxygens (including phenoxy) is 1. The first-order valence-electron chi connectivity index (χ1n) is 8.01. The molecule has 0 spiro atoms. The molecule has 2 rings (SSSR count). The van der Waals surface area contributed by atoms with Crippen LogP contribution >= 0.6 is 11.6 Å². The monoisotopic (exact) mass is 346 g/mol. The molecule has 128 valence electrons. The fraction of sp³-hybridized carbons (Fsp3) is 0.316. The number of anilines is 1. The highest BCUT2D eigenvalue weighted by Crippen LogP contribution is 2.16. The van der Waals surface area contributed by atoms with E-state index < -0.39 is 0 Å². The highest BCUT2D eigenvalue weighted by Gasteiger charge is 2.04. The van der Waals surface area contributed by atoms with Crippen molar-refractivity contribution in [3.63, 3.8) is 0 Å². The van der Waals surface area contributed by atoms with Gasteiger partial charge in [-0.05, 0) is 41.8 Å². The van der Waals surface area contributed by atoms with Gasteiger partial charge in [0.15, 0.2) is 0 Å². The first-order chi connectivity index (χ1) is 11.5. The Kier molecular flexibility index (Phi) is 7.09. The molecule has 1 amide bonds. The van der Waals surface area contributed by atoms with E-state index in [1.165, 1.54) is 0 Å². The number of benzene rings is 2. The molecule has 4 nitrogen and oxygen atoms in total. The zero-order chi connectivity index (χ0) is 17.4. The van der Waals surface area contributed by atoms with Gasteiger partial charge in [-0.25, -0.2) is 0 Å². The van der Waals surface area contributed by atoms with E-state index in [0.29, 0.717) is 24.1 Å². The average molecular weight is 347 g/mol. The molecule has 2 N–H and O–H groups in total. The molecule has 0 aliphatic carbocycles. The van der Waals surface area contributed by atoms with Crippen LogP contribution in [0.15, 0.2) is 48.5 Å². The summed E-state index contributed by atoms with van der Waals surface area (Å²) in [7, 11) is 0. The first kappa shape index (κ1) is 18.3. The van der Waals surface area contributed by atoms with Crippen molar-refractivity contribution < 1.29 is 9.53 Å². The molecule has 0 bridgehead atoms. The van der Waals surface area contributed by atoms with Gasteiger partial charge in [0.25, 0.3) is 0 Å². The van der Waals surface area contributed by atoms with Crippen molar-refractivity contribution in [2.24, 2.45) is 5.92 Å². The van der Waals surface area contributed by atoms with Gasteiger partial charge in [-0.1, -0.05) is 43.6 Å². The van der Waals surface area contributed by atoms with Gasteiger partial charge in [0.2, 0.25) is 5.91 Å². The van der Waals surface area contributed by atoms with Gasteiger partial charge < -0.3 is 15.4 Å². The topological polar surface area (TPSA) is 50.4 Å². The van der Waals surface area contributed by atoms with Gasteiger partial charge in [0.05, 0.1) is 13.2 Å². The Bertz CT molecular complexity index is 657. The van der Waals surface area contributed by atoms with Crippen molar-refractivity contribution in [3.8, 4) is 5.75 Å². The Morgan fingerprint density at radius 2 is 1.83 bits per heavy atom. The van der Waals surface area contributed by atoms with Crippen LogP contribution in [-0.4, -0.2) is 19.1 Å². The van der Waals surface area contributed by atoms with Crippen LogP contribution in [0.4, 0.5) is 5.69 Å². The zero-order valence-corrected chi connectivity index (χ0v) is 14.8. The Hall–Kier alpha value is -2.04. The van der Waals surface area contributed by atoms with Crippen LogP contribution in [0.5, 0.6) is 5.75 Å². The molecule has 24 heavy (non-hydrogen) atoms. The van der Waals surface area contributed by atoms with Crippen molar-refractivity contribution in [1.29, 1.82) is 0 Å². The van der Waals surface area contributed by atoms with Gasteiger partial charge in [-0.15, -0.1) is 0 Å². The second-order valence-corrected chi connectivity index (χ2v) is 6.38. The summed E-state index contributed by atoms with van der Waals surface area (Å²) in [6.07, 6.45) is 0. The molecule has 5 heteroatoms. The third-order valence-corrected chi connectivity index (χ3v) is 3.65. The molecule has 2 aromatic carbocycles. The summed E-state index contributed by atoms with van der Waals surface area (Å²) in [5, 5.41) is 6.63. The summed E-state index contributed by atoms with van der Waals surface area (Å²) in [5.41, 5.74) is 1.72. The molecule has 0 aliphatic heterocycles. The standard InChI is InChI=1S/C19H23ClN2O2/c1-14(2)13-24-17-9-7-16(8-10-17)22-19(23)12-21-11-15-5-3-4-6-18(15)20/h3-10,14,21H,11-13H2,1-2H3,(H,22,23). The fourth-order valence-electron chi connectivity index (χ4n) is 2.06. The molecular weight excluding hydrogens is 324 g/mol. The third-order valence-electron chi connectivity index (χ3n) is 3.28. The summed E-state index contributed by atoms with van der Waals surface area (Å²) in [6.45, 7) is 5.65. The van der Waals surface area contributed by atoms with Crippen molar-refractivity contribution >= 4 is 23.2 Å². The molecule has 0 atom stereocenters. The lowest BCUT2D eigenvalue weighted by molar-refractivity contribution is -0.115. The molecule has 0 saturated heterocycles. The minimum absolute atomic E-state index is 0.0992. The molecule has 0 heterocycles. The Balaban J connectivity index is 1.75. The molecule has 0 radical (unpaired) electrons. The van der Waals surface area contributed by atoms with Gasteiger partial charge >= 0.3 is 0 Å². The number of hydrogen-bond donors (Lipinski definition) is 2. The van der Waals surface area contributed by atoms with Gasteiger partial charge in [0, 0.05) is 17.3 Å². The van der Waals surface area contributed by atoms with E-state index in [0.717, 1.165) is 17.0 Å². The minimum atomic E-state index is -0.0992. The first-order valence-corrected chi connectivity index (χ1v) is 8.39. The fourth-order valence-corrected chi connectivity index (χ4v) is 2.26. The molecule has 0 aliphatic rings. The maximum absolute atomic E-state index is 11.9. The van der Waals surface area contributed by atoms with Crippen LogP contribution in [-0.2, 0) is 11.3 Å². The van der Waals surface area contributed by atoms with Crippen molar-refractivity contribution in [3.05, 3.63) is 59.1 Å². The highest BCUT2D eigenvalue weighted by atomic mass is 35.5. The summed E-state index contributed by atoms with van der Waals surface area (Å²) >= 11 is 6.08. The molecule has 0 aromatic heterocycles. The van der Waals surface area contributed by atoms with E-state index in [-0.39, 0.29) is 12.5 Å². The van der Waals surface area contributed by atoms with E-state index in [2.05, 4.69) is 24.5 Å². The van der Waals surface area contributed by atoms with Crippen LogP contribution in [0.1, 0.15) is 19.4 Å². The third kappa shape index (κ3) is 6.22. The van der Waals surface area contributed by atoms with Crippen molar-refractivity contribution in [2.75, 3.05) is 18.5 Å². The second-order valence-electron chi connectivity index (χ2n) is 5.97. The second kappa shape index (κ2) is 9.30. The van der Waals surface area contributed by atoms with Crippen LogP contribution in [0.2, 0.25) is 5.02 Å². The van der Waals surface area contributed by atoms with Crippen LogP contribution in [0.25, 0.3) is 0 Å². The van der Waals surface area contributed by atoms with Gasteiger partial charge in [-0.2, -0.15) is 0 Å². The maximum Gasteiger partial charge on any atom is 0.238 e. The lowest BCUT2D eigenvalue weighted by Crippen LogP contribution is -2.27. The Morgan fingerprint density at radius 3 is 2.50 bits per heavy atom. The van der Waals surface area contributed by atoms with Crippen LogP contribution in [0.3, 0.4) is 0 Å². The summed E-state index contributed by atoms with van der Waals surface area (Å²) in [5.74, 6) is 1.19. The van der Waals surface area contributed by atoms with Gasteiger partial charge in [0.1, 0.15) is 5.75 Å². The van der Waals surface area contributed by atoms with E-state index in [9.17, 15) is 4.79 Å². The molecule has 0 fully saturated rings. The number of carbonyl (C=O) groups excluding carboxylic acids is 1. The summed E-state index contributed by atoms with van der Waals surface area (Å²) < 4.78 is 5.61. The minimum Gasteiger partial charge on any atom is -0.493 e. The SMILES string of the molecule is CC(C)COc1ccc(NC(=O)CNCc2ccccc2Cl)cc1. The number of nitrogens with one attached hydrogen (secondary N) is 2. The summed E-state index contributed by atoms with van der Waals surface area (Å²) in [4.78, 5) is 11.9. The van der Waals surface area contributed by atoms with E-state index in [1.807, 2.05) is 48.5 Å².